The van der Waals surface area contributed by atoms with E-state index >= 15 is 0 Å². The summed E-state index contributed by atoms with van der Waals surface area (Å²) >= 11 is 0. The second-order valence-electron chi connectivity index (χ2n) is 7.67. The zero-order valence-electron chi connectivity index (χ0n) is 15.5. The van der Waals surface area contributed by atoms with E-state index in [1.807, 2.05) is 17.0 Å². The summed E-state index contributed by atoms with van der Waals surface area (Å²) in [6.45, 7) is 3.38. The Labute approximate surface area is 159 Å². The van der Waals surface area contributed by atoms with Gasteiger partial charge in [0.1, 0.15) is 6.04 Å². The molecule has 0 unspecified atom stereocenters. The van der Waals surface area contributed by atoms with E-state index < -0.39 is 6.04 Å². The number of hydrogen-bond acceptors (Lipinski definition) is 4. The monoisotopic (exact) mass is 364 g/mol. The Balaban J connectivity index is 1.34. The molecule has 6 heteroatoms. The summed E-state index contributed by atoms with van der Waals surface area (Å²) in [7, 11) is 0. The van der Waals surface area contributed by atoms with Crippen LogP contribution in [-0.2, 0) is 4.79 Å². The van der Waals surface area contributed by atoms with Crippen molar-refractivity contribution in [2.24, 2.45) is 5.41 Å². The third-order valence-electron chi connectivity index (χ3n) is 5.78. The lowest BCUT2D eigenvalue weighted by Crippen LogP contribution is -2.49. The van der Waals surface area contributed by atoms with E-state index in [1.165, 1.54) is 12.8 Å². The zero-order valence-corrected chi connectivity index (χ0v) is 15.5. The van der Waals surface area contributed by atoms with Gasteiger partial charge in [-0.05, 0) is 56.2 Å². The Morgan fingerprint density at radius 1 is 1.04 bits per heavy atom. The molecule has 140 valence electrons. The SMILES string of the molecule is C[C@@H](NC(=O)c1ccc(-c2ncccn2)cc1)C(=O)N1CCC2(CC1)CC2. The molecule has 1 aliphatic carbocycles. The van der Waals surface area contributed by atoms with Gasteiger partial charge in [-0.1, -0.05) is 12.1 Å². The molecule has 0 radical (unpaired) electrons. The first kappa shape index (κ1) is 17.6. The Bertz CT molecular complexity index is 821. The highest BCUT2D eigenvalue weighted by atomic mass is 16.2. The maximum Gasteiger partial charge on any atom is 0.251 e. The van der Waals surface area contributed by atoms with Crippen LogP contribution in [0.1, 0.15) is 43.0 Å². The van der Waals surface area contributed by atoms with Crippen LogP contribution in [-0.4, -0.2) is 45.8 Å². The second-order valence-corrected chi connectivity index (χ2v) is 7.67. The molecule has 1 aromatic heterocycles. The molecule has 6 nitrogen and oxygen atoms in total. The van der Waals surface area contributed by atoms with E-state index in [4.69, 9.17) is 0 Å². The number of amides is 2. The molecule has 1 atom stereocenters. The van der Waals surface area contributed by atoms with Crippen LogP contribution < -0.4 is 5.32 Å². The van der Waals surface area contributed by atoms with Crippen LogP contribution in [0.15, 0.2) is 42.7 Å². The van der Waals surface area contributed by atoms with Gasteiger partial charge >= 0.3 is 0 Å². The van der Waals surface area contributed by atoms with Gasteiger partial charge in [0, 0.05) is 36.6 Å². The fourth-order valence-electron chi connectivity index (χ4n) is 3.71. The van der Waals surface area contributed by atoms with Gasteiger partial charge in [0.25, 0.3) is 5.91 Å². The van der Waals surface area contributed by atoms with Gasteiger partial charge in [0.2, 0.25) is 5.91 Å². The largest absolute Gasteiger partial charge is 0.341 e. The predicted molar refractivity (Wildman–Crippen MR) is 102 cm³/mol. The van der Waals surface area contributed by atoms with Crippen LogP contribution in [0.4, 0.5) is 0 Å². The molecule has 1 aromatic carbocycles. The summed E-state index contributed by atoms with van der Waals surface area (Å²) in [5, 5.41) is 2.83. The molecule has 0 bridgehead atoms. The third-order valence-corrected chi connectivity index (χ3v) is 5.78. The number of hydrogen-bond donors (Lipinski definition) is 1. The highest BCUT2D eigenvalue weighted by molar-refractivity contribution is 5.97. The van der Waals surface area contributed by atoms with Crippen molar-refractivity contribution < 1.29 is 9.59 Å². The first-order valence-corrected chi connectivity index (χ1v) is 9.53. The molecule has 1 saturated carbocycles. The van der Waals surface area contributed by atoms with Gasteiger partial charge < -0.3 is 10.2 Å². The zero-order chi connectivity index (χ0) is 18.9. The molecular weight excluding hydrogens is 340 g/mol. The maximum atomic E-state index is 12.6. The molecule has 2 aliphatic rings. The molecule has 2 amide bonds. The van der Waals surface area contributed by atoms with Crippen molar-refractivity contribution in [3.8, 4) is 11.4 Å². The molecule has 2 heterocycles. The van der Waals surface area contributed by atoms with Crippen LogP contribution >= 0.6 is 0 Å². The minimum atomic E-state index is -0.525. The van der Waals surface area contributed by atoms with E-state index in [-0.39, 0.29) is 11.8 Å². The standard InChI is InChI=1S/C21H24N4O2/c1-15(20(27)25-13-9-21(7-8-21)10-14-25)24-19(26)17-5-3-16(4-6-17)18-22-11-2-12-23-18/h2-6,11-12,15H,7-10,13-14H2,1H3,(H,24,26)/t15-/m1/s1. The number of rotatable bonds is 4. The highest BCUT2D eigenvalue weighted by Crippen LogP contribution is 2.53. The number of piperidine rings is 1. The number of aromatic nitrogens is 2. The quantitative estimate of drug-likeness (QED) is 0.905. The number of nitrogens with one attached hydrogen (secondary N) is 1. The van der Waals surface area contributed by atoms with Crippen molar-refractivity contribution in [3.05, 3.63) is 48.3 Å². The molecule has 4 rings (SSSR count). The summed E-state index contributed by atoms with van der Waals surface area (Å²) in [4.78, 5) is 35.4. The Kier molecular flexibility index (Phi) is 4.64. The summed E-state index contributed by atoms with van der Waals surface area (Å²) in [6.07, 6.45) is 8.19. The van der Waals surface area contributed by atoms with Crippen molar-refractivity contribution in [2.45, 2.75) is 38.6 Å². The maximum absolute atomic E-state index is 12.6. The Hall–Kier alpha value is -2.76. The molecule has 1 N–H and O–H groups in total. The van der Waals surface area contributed by atoms with Crippen LogP contribution in [0.5, 0.6) is 0 Å². The third kappa shape index (κ3) is 3.84. The number of likely N-dealkylation sites (tertiary alicyclic amines) is 1. The van der Waals surface area contributed by atoms with Gasteiger partial charge in [-0.3, -0.25) is 9.59 Å². The van der Waals surface area contributed by atoms with Gasteiger partial charge in [-0.15, -0.1) is 0 Å². The van der Waals surface area contributed by atoms with Gasteiger partial charge in [0.05, 0.1) is 0 Å². The predicted octanol–water partition coefficient (Wildman–Crippen LogP) is 2.66. The molecule has 2 aromatic rings. The fraction of sp³-hybridized carbons (Fsp3) is 0.429. The number of benzene rings is 1. The Morgan fingerprint density at radius 2 is 1.67 bits per heavy atom. The van der Waals surface area contributed by atoms with Gasteiger partial charge in [-0.25, -0.2) is 9.97 Å². The summed E-state index contributed by atoms with van der Waals surface area (Å²) in [5.74, 6) is 0.381. The van der Waals surface area contributed by atoms with Crippen molar-refractivity contribution >= 4 is 11.8 Å². The van der Waals surface area contributed by atoms with Crippen molar-refractivity contribution in [3.63, 3.8) is 0 Å². The van der Waals surface area contributed by atoms with Crippen molar-refractivity contribution in [1.82, 2.24) is 20.2 Å². The van der Waals surface area contributed by atoms with Gasteiger partial charge in [-0.2, -0.15) is 0 Å². The molecule has 27 heavy (non-hydrogen) atoms. The van der Waals surface area contributed by atoms with E-state index in [0.29, 0.717) is 16.8 Å². The lowest BCUT2D eigenvalue weighted by molar-refractivity contribution is -0.134. The van der Waals surface area contributed by atoms with Crippen LogP contribution in [0.2, 0.25) is 0 Å². The molecule has 1 saturated heterocycles. The molecule has 1 aliphatic heterocycles. The Morgan fingerprint density at radius 3 is 2.26 bits per heavy atom. The summed E-state index contributed by atoms with van der Waals surface area (Å²) in [5.41, 5.74) is 1.90. The van der Waals surface area contributed by atoms with Crippen molar-refractivity contribution in [1.29, 1.82) is 0 Å². The summed E-state index contributed by atoms with van der Waals surface area (Å²) < 4.78 is 0. The average Bonchev–Trinajstić information content (AvgIpc) is 3.47. The first-order valence-electron chi connectivity index (χ1n) is 9.53. The van der Waals surface area contributed by atoms with E-state index in [9.17, 15) is 9.59 Å². The molecule has 1 spiro atoms. The molecule has 2 fully saturated rings. The topological polar surface area (TPSA) is 75.2 Å². The smallest absolute Gasteiger partial charge is 0.251 e. The van der Waals surface area contributed by atoms with Crippen LogP contribution in [0, 0.1) is 5.41 Å². The first-order chi connectivity index (χ1) is 13.1. The fourth-order valence-corrected chi connectivity index (χ4v) is 3.71. The highest BCUT2D eigenvalue weighted by Gasteiger charge is 2.45. The van der Waals surface area contributed by atoms with E-state index in [1.54, 1.807) is 37.5 Å². The lowest BCUT2D eigenvalue weighted by atomic mass is 9.93. The summed E-state index contributed by atoms with van der Waals surface area (Å²) in [6, 6.07) is 8.33. The lowest BCUT2D eigenvalue weighted by Gasteiger charge is -2.33. The second kappa shape index (κ2) is 7.10. The number of nitrogens with zero attached hydrogens (tertiary/aromatic N) is 3. The van der Waals surface area contributed by atoms with E-state index in [0.717, 1.165) is 31.5 Å². The minimum absolute atomic E-state index is 0.00755. The number of carbonyl (C=O) groups excluding carboxylic acids is 2. The van der Waals surface area contributed by atoms with Crippen LogP contribution in [0.25, 0.3) is 11.4 Å². The van der Waals surface area contributed by atoms with Crippen molar-refractivity contribution in [2.75, 3.05) is 13.1 Å². The average molecular weight is 364 g/mol. The van der Waals surface area contributed by atoms with E-state index in [2.05, 4.69) is 15.3 Å². The van der Waals surface area contributed by atoms with Gasteiger partial charge in [0.15, 0.2) is 5.82 Å². The molecular formula is C21H24N4O2. The minimum Gasteiger partial charge on any atom is -0.341 e. The number of carbonyl (C=O) groups is 2. The van der Waals surface area contributed by atoms with Crippen LogP contribution in [0.3, 0.4) is 0 Å². The normalized spacial score (nSPS) is 18.8.